The second-order valence-electron chi connectivity index (χ2n) is 11.6. The first-order valence-electron chi connectivity index (χ1n) is 15.3. The van der Waals surface area contributed by atoms with Gasteiger partial charge in [-0.15, -0.1) is 12.1 Å². The van der Waals surface area contributed by atoms with Crippen LogP contribution in [0.15, 0.2) is 128 Å². The quantitative estimate of drug-likeness (QED) is 0.157. The number of para-hydroxylation sites is 2. The molecule has 0 aliphatic heterocycles. The van der Waals surface area contributed by atoms with Crippen LogP contribution in [0.4, 0.5) is 30.5 Å². The summed E-state index contributed by atoms with van der Waals surface area (Å²) in [5.41, 5.74) is 5.87. The zero-order valence-corrected chi connectivity index (χ0v) is 28.5. The van der Waals surface area contributed by atoms with E-state index in [-0.39, 0.29) is 26.8 Å². The fraction of sp³-hybridized carbons (Fsp3) is 0.0769. The predicted molar refractivity (Wildman–Crippen MR) is 182 cm³/mol. The Morgan fingerprint density at radius 3 is 2.00 bits per heavy atom. The number of rotatable bonds is 6. The van der Waals surface area contributed by atoms with Crippen molar-refractivity contribution in [1.82, 2.24) is 24.1 Å². The van der Waals surface area contributed by atoms with Crippen LogP contribution in [0.25, 0.3) is 38.9 Å². The van der Waals surface area contributed by atoms with Crippen molar-refractivity contribution in [3.05, 3.63) is 156 Å². The van der Waals surface area contributed by atoms with Crippen molar-refractivity contribution in [2.75, 3.05) is 4.90 Å². The molecule has 6 nitrogen and oxygen atoms in total. The van der Waals surface area contributed by atoms with Crippen LogP contribution >= 0.6 is 0 Å². The Balaban J connectivity index is 0.00000378. The predicted octanol–water partition coefficient (Wildman–Crippen LogP) is 9.86. The maximum absolute atomic E-state index is 13.6. The van der Waals surface area contributed by atoms with E-state index in [4.69, 9.17) is 10.2 Å². The van der Waals surface area contributed by atoms with E-state index in [1.165, 1.54) is 21.5 Å². The van der Waals surface area contributed by atoms with Gasteiger partial charge in [-0.3, -0.25) is 14.3 Å². The minimum atomic E-state index is -4.49. The van der Waals surface area contributed by atoms with Crippen LogP contribution < -0.4 is 4.90 Å². The van der Waals surface area contributed by atoms with Crippen molar-refractivity contribution in [3.8, 4) is 17.1 Å². The van der Waals surface area contributed by atoms with E-state index < -0.39 is 11.7 Å². The van der Waals surface area contributed by atoms with Crippen LogP contribution in [0.1, 0.15) is 16.8 Å². The molecule has 3 aromatic heterocycles. The molecule has 5 aromatic carbocycles. The Morgan fingerprint density at radius 1 is 0.673 bits per heavy atom. The summed E-state index contributed by atoms with van der Waals surface area (Å²) < 4.78 is 46.2. The number of hydrogen-bond acceptors (Lipinski definition) is 3. The summed E-state index contributed by atoms with van der Waals surface area (Å²) in [5.74, 6) is 1.06. The molecule has 244 valence electrons. The molecule has 0 unspecified atom stereocenters. The van der Waals surface area contributed by atoms with Gasteiger partial charge < -0.3 is 4.57 Å². The van der Waals surface area contributed by atoms with Gasteiger partial charge >= 0.3 is 27.2 Å². The summed E-state index contributed by atoms with van der Waals surface area (Å²) in [7, 11) is 0. The van der Waals surface area contributed by atoms with Gasteiger partial charge in [-0.1, -0.05) is 48.9 Å². The molecule has 0 fully saturated rings. The van der Waals surface area contributed by atoms with Gasteiger partial charge in [0.2, 0.25) is 0 Å². The molecular weight excluding hydrogens is 805 g/mol. The molecule has 49 heavy (non-hydrogen) atoms. The molecule has 0 saturated heterocycles. The Morgan fingerprint density at radius 2 is 1.33 bits per heavy atom. The Labute approximate surface area is 294 Å². The minimum absolute atomic E-state index is 0. The first-order chi connectivity index (χ1) is 23.2. The average molecular weight is 832 g/mol. The standard InChI is InChI=1S/C39H27F3N6.Pt/c1-26-9-7-11-31(23-26)45-22-21-37(43-45)47(38-24-27(2)48(44-38)32-12-8-10-28(25-32)39(40,41)42)30-19-17-29(18-20-30)46-35-15-5-3-13-33(35)34-14-4-6-16-36(34)46;/h3-10,13-25H,1-2H3;/q-2;+2. The van der Waals surface area contributed by atoms with Crippen molar-refractivity contribution in [2.45, 2.75) is 20.0 Å². The van der Waals surface area contributed by atoms with Crippen LogP contribution in [-0.2, 0) is 27.2 Å². The second-order valence-corrected chi connectivity index (χ2v) is 11.6. The van der Waals surface area contributed by atoms with Crippen LogP contribution in [0.5, 0.6) is 0 Å². The third-order valence-corrected chi connectivity index (χ3v) is 8.38. The molecule has 0 aliphatic rings. The third-order valence-electron chi connectivity index (χ3n) is 8.38. The maximum atomic E-state index is 13.6. The monoisotopic (exact) mass is 831 g/mol. The van der Waals surface area contributed by atoms with E-state index in [2.05, 4.69) is 53.1 Å². The van der Waals surface area contributed by atoms with Crippen molar-refractivity contribution in [3.63, 3.8) is 0 Å². The molecule has 0 aliphatic carbocycles. The van der Waals surface area contributed by atoms with Crippen molar-refractivity contribution in [1.29, 1.82) is 0 Å². The zero-order valence-electron chi connectivity index (χ0n) is 26.3. The van der Waals surface area contributed by atoms with Gasteiger partial charge in [0, 0.05) is 46.2 Å². The number of nitrogens with zero attached hydrogens (tertiary/aromatic N) is 6. The van der Waals surface area contributed by atoms with Gasteiger partial charge in [0.15, 0.2) is 11.6 Å². The summed E-state index contributed by atoms with van der Waals surface area (Å²) in [5, 5.41) is 12.0. The largest absolute Gasteiger partial charge is 2.00 e. The number of halogens is 3. The summed E-state index contributed by atoms with van der Waals surface area (Å²) in [6.45, 7) is 3.81. The second kappa shape index (κ2) is 12.6. The van der Waals surface area contributed by atoms with Gasteiger partial charge in [-0.05, 0) is 54.7 Å². The van der Waals surface area contributed by atoms with E-state index >= 15 is 0 Å². The molecule has 0 N–H and O–H groups in total. The number of aromatic nitrogens is 5. The van der Waals surface area contributed by atoms with Gasteiger partial charge in [0.05, 0.1) is 11.0 Å². The van der Waals surface area contributed by atoms with Crippen LogP contribution in [0.3, 0.4) is 0 Å². The first kappa shape index (κ1) is 32.2. The topological polar surface area (TPSA) is 43.8 Å². The third kappa shape index (κ3) is 5.85. The molecular formula is C39H27F3N6Pt. The fourth-order valence-corrected chi connectivity index (χ4v) is 6.16. The Bertz CT molecular complexity index is 2390. The van der Waals surface area contributed by atoms with E-state index in [0.717, 1.165) is 45.8 Å². The summed E-state index contributed by atoms with van der Waals surface area (Å²) in [6, 6.07) is 43.8. The minimum Gasteiger partial charge on any atom is -0.309 e. The molecule has 0 atom stereocenters. The van der Waals surface area contributed by atoms with Crippen molar-refractivity contribution >= 4 is 39.1 Å². The molecule has 0 amide bonds. The molecule has 0 saturated carbocycles. The summed E-state index contributed by atoms with van der Waals surface area (Å²) >= 11 is 0. The molecule has 0 radical (unpaired) electrons. The van der Waals surface area contributed by atoms with Crippen molar-refractivity contribution < 1.29 is 34.2 Å². The number of anilines is 3. The molecule has 3 heterocycles. The Kier molecular flexibility index (Phi) is 8.25. The van der Waals surface area contributed by atoms with Crippen LogP contribution in [0.2, 0.25) is 0 Å². The number of benzene rings is 5. The fourth-order valence-electron chi connectivity index (χ4n) is 6.16. The van der Waals surface area contributed by atoms with Gasteiger partial charge in [-0.2, -0.15) is 65.3 Å². The van der Waals surface area contributed by atoms with Gasteiger partial charge in [0.1, 0.15) is 0 Å². The smallest absolute Gasteiger partial charge is 0.309 e. The van der Waals surface area contributed by atoms with Gasteiger partial charge in [0.25, 0.3) is 0 Å². The number of aryl methyl sites for hydroxylation is 2. The van der Waals surface area contributed by atoms with Crippen molar-refractivity contribution in [2.24, 2.45) is 0 Å². The molecule has 8 aromatic rings. The SMILES string of the molecule is Cc1cc[c-]c(-n2ccc(N(c3ccc(-n4c5ccccc5c5ccccc54)cc3)c3cc(C)n(-c4[c-]ccc(C(F)(F)F)c4)n3)n2)c1.[Pt+2]. The van der Waals surface area contributed by atoms with E-state index in [1.54, 1.807) is 11.6 Å². The van der Waals surface area contributed by atoms with Gasteiger partial charge in [-0.25, -0.2) is 0 Å². The first-order valence-corrected chi connectivity index (χ1v) is 15.3. The Hall–Kier alpha value is -5.40. The van der Waals surface area contributed by atoms with E-state index in [9.17, 15) is 13.2 Å². The number of alkyl halides is 3. The summed E-state index contributed by atoms with van der Waals surface area (Å²) in [6.07, 6.45) is -2.64. The maximum Gasteiger partial charge on any atom is 2.00 e. The van der Waals surface area contributed by atoms with E-state index in [0.29, 0.717) is 17.3 Å². The number of hydrogen-bond donors (Lipinski definition) is 0. The average Bonchev–Trinajstić information content (AvgIpc) is 3.81. The van der Waals surface area contributed by atoms with Crippen LogP contribution in [0, 0.1) is 26.0 Å². The molecule has 0 bridgehead atoms. The van der Waals surface area contributed by atoms with E-state index in [1.807, 2.05) is 84.8 Å². The zero-order chi connectivity index (χ0) is 33.0. The molecule has 10 heteroatoms. The normalized spacial score (nSPS) is 11.6. The molecule has 8 rings (SSSR count). The van der Waals surface area contributed by atoms with Crippen LogP contribution in [-0.4, -0.2) is 24.1 Å². The summed E-state index contributed by atoms with van der Waals surface area (Å²) in [4.78, 5) is 1.89. The number of fused-ring (bicyclic) bond motifs is 3. The molecule has 0 spiro atoms.